The van der Waals surface area contributed by atoms with Crippen molar-refractivity contribution in [3.05, 3.63) is 28.6 Å². The molecular weight excluding hydrogens is 278 g/mol. The molecular formula is C13H15N3OS2. The number of hydrogen-bond acceptors (Lipinski definition) is 5. The molecule has 1 saturated carbocycles. The van der Waals surface area contributed by atoms with Gasteiger partial charge in [-0.3, -0.25) is 4.79 Å². The summed E-state index contributed by atoms with van der Waals surface area (Å²) in [5.41, 5.74) is 6.44. The van der Waals surface area contributed by atoms with Gasteiger partial charge in [0.1, 0.15) is 10.7 Å². The number of rotatable bonds is 5. The zero-order valence-electron chi connectivity index (χ0n) is 10.3. The van der Waals surface area contributed by atoms with Gasteiger partial charge in [-0.05, 0) is 30.2 Å². The maximum Gasteiger partial charge on any atom is 0.270 e. The molecule has 100 valence electrons. The van der Waals surface area contributed by atoms with E-state index in [4.69, 9.17) is 5.73 Å². The number of carbonyl (C=O) groups is 1. The number of nitrogens with one attached hydrogen (secondary N) is 1. The topological polar surface area (TPSA) is 68.0 Å². The number of thiazole rings is 1. The average Bonchev–Trinajstić information content (AvgIpc) is 2.94. The maximum atomic E-state index is 12.0. The number of thiophene rings is 1. The zero-order valence-corrected chi connectivity index (χ0v) is 12.0. The molecule has 6 heteroatoms. The molecule has 0 bridgehead atoms. The fourth-order valence-electron chi connectivity index (χ4n) is 1.88. The molecule has 1 fully saturated rings. The maximum absolute atomic E-state index is 12.0. The number of carbonyl (C=O) groups excluding carboxylic acids is 1. The van der Waals surface area contributed by atoms with E-state index in [-0.39, 0.29) is 11.9 Å². The highest BCUT2D eigenvalue weighted by Gasteiger charge is 2.28. The summed E-state index contributed by atoms with van der Waals surface area (Å²) in [6.07, 6.45) is 2.38. The van der Waals surface area contributed by atoms with Crippen LogP contribution < -0.4 is 11.1 Å². The summed E-state index contributed by atoms with van der Waals surface area (Å²) < 4.78 is 0. The number of amides is 1. The monoisotopic (exact) mass is 293 g/mol. The van der Waals surface area contributed by atoms with Gasteiger partial charge >= 0.3 is 0 Å². The highest BCUT2D eigenvalue weighted by Crippen LogP contribution is 2.31. The van der Waals surface area contributed by atoms with Crippen molar-refractivity contribution in [2.75, 3.05) is 6.54 Å². The number of nitrogens with zero attached hydrogens (tertiary/aromatic N) is 1. The van der Waals surface area contributed by atoms with E-state index in [0.717, 1.165) is 9.88 Å². The van der Waals surface area contributed by atoms with Crippen molar-refractivity contribution in [2.45, 2.75) is 18.9 Å². The largest absolute Gasteiger partial charge is 0.349 e. The first-order valence-electron chi connectivity index (χ1n) is 6.27. The predicted octanol–water partition coefficient (Wildman–Crippen LogP) is 2.34. The molecule has 2 heterocycles. The predicted molar refractivity (Wildman–Crippen MR) is 78.5 cm³/mol. The van der Waals surface area contributed by atoms with Gasteiger partial charge in [0.05, 0.1) is 4.88 Å². The van der Waals surface area contributed by atoms with Crippen LogP contribution in [0, 0.1) is 5.92 Å². The van der Waals surface area contributed by atoms with Crippen molar-refractivity contribution in [2.24, 2.45) is 11.7 Å². The molecule has 1 unspecified atom stereocenters. The molecule has 1 aliphatic rings. The van der Waals surface area contributed by atoms with E-state index < -0.39 is 0 Å². The standard InChI is InChI=1S/C13H15N3OS2/c14-9(8-3-4-8)6-15-12(17)10-7-19-13(16-10)11-2-1-5-18-11/h1-2,5,7-9H,3-4,6,14H2,(H,15,17). The molecule has 0 saturated heterocycles. The number of aromatic nitrogens is 1. The molecule has 1 aliphatic carbocycles. The van der Waals surface area contributed by atoms with Gasteiger partial charge in [0.15, 0.2) is 0 Å². The first-order valence-corrected chi connectivity index (χ1v) is 8.03. The average molecular weight is 293 g/mol. The molecule has 0 aliphatic heterocycles. The minimum absolute atomic E-state index is 0.0827. The Morgan fingerprint density at radius 2 is 2.37 bits per heavy atom. The van der Waals surface area contributed by atoms with Crippen molar-refractivity contribution < 1.29 is 4.79 Å². The smallest absolute Gasteiger partial charge is 0.270 e. The molecule has 4 nitrogen and oxygen atoms in total. The number of nitrogens with two attached hydrogens (primary N) is 1. The lowest BCUT2D eigenvalue weighted by Gasteiger charge is -2.10. The van der Waals surface area contributed by atoms with E-state index in [9.17, 15) is 4.79 Å². The Kier molecular flexibility index (Phi) is 3.63. The molecule has 0 radical (unpaired) electrons. The summed E-state index contributed by atoms with van der Waals surface area (Å²) in [6.45, 7) is 0.537. The van der Waals surface area contributed by atoms with Gasteiger partial charge in [0.2, 0.25) is 0 Å². The first kappa shape index (κ1) is 12.8. The fraction of sp³-hybridized carbons (Fsp3) is 0.385. The molecule has 3 rings (SSSR count). The molecule has 0 aromatic carbocycles. The summed E-state index contributed by atoms with van der Waals surface area (Å²) >= 11 is 3.12. The minimum atomic E-state index is -0.129. The normalized spacial score (nSPS) is 16.3. The van der Waals surface area contributed by atoms with E-state index in [1.807, 2.05) is 17.5 Å². The van der Waals surface area contributed by atoms with Crippen LogP contribution in [0.3, 0.4) is 0 Å². The Morgan fingerprint density at radius 1 is 1.53 bits per heavy atom. The van der Waals surface area contributed by atoms with Gasteiger partial charge < -0.3 is 11.1 Å². The van der Waals surface area contributed by atoms with E-state index >= 15 is 0 Å². The Bertz CT molecular complexity index is 560. The van der Waals surface area contributed by atoms with Gasteiger partial charge in [-0.1, -0.05) is 6.07 Å². The second-order valence-electron chi connectivity index (χ2n) is 4.73. The van der Waals surface area contributed by atoms with Crippen LogP contribution in [0.5, 0.6) is 0 Å². The van der Waals surface area contributed by atoms with E-state index in [1.54, 1.807) is 16.7 Å². The molecule has 3 N–H and O–H groups in total. The Morgan fingerprint density at radius 3 is 3.05 bits per heavy atom. The van der Waals surface area contributed by atoms with Crippen molar-refractivity contribution >= 4 is 28.6 Å². The van der Waals surface area contributed by atoms with Gasteiger partial charge in [-0.25, -0.2) is 4.98 Å². The van der Waals surface area contributed by atoms with Gasteiger partial charge in [-0.15, -0.1) is 22.7 Å². The van der Waals surface area contributed by atoms with Crippen LogP contribution in [0.25, 0.3) is 9.88 Å². The van der Waals surface area contributed by atoms with E-state index in [2.05, 4.69) is 10.3 Å². The van der Waals surface area contributed by atoms with Gasteiger partial charge in [-0.2, -0.15) is 0 Å². The van der Waals surface area contributed by atoms with Crippen molar-refractivity contribution in [1.29, 1.82) is 0 Å². The Hall–Kier alpha value is -1.24. The van der Waals surface area contributed by atoms with Crippen LogP contribution in [0.4, 0.5) is 0 Å². The minimum Gasteiger partial charge on any atom is -0.349 e. The summed E-state index contributed by atoms with van der Waals surface area (Å²) in [5, 5.41) is 7.56. The molecule has 2 aromatic heterocycles. The van der Waals surface area contributed by atoms with Crippen LogP contribution >= 0.6 is 22.7 Å². The lowest BCUT2D eigenvalue weighted by atomic mass is 10.2. The van der Waals surface area contributed by atoms with Crippen LogP contribution in [0.1, 0.15) is 23.3 Å². The molecule has 0 spiro atoms. The SMILES string of the molecule is NC(CNC(=O)c1csc(-c2cccs2)n1)C1CC1. The van der Waals surface area contributed by atoms with Crippen molar-refractivity contribution in [3.8, 4) is 9.88 Å². The third-order valence-corrected chi connectivity index (χ3v) is 5.08. The van der Waals surface area contributed by atoms with Crippen LogP contribution in [-0.4, -0.2) is 23.5 Å². The zero-order chi connectivity index (χ0) is 13.2. The molecule has 19 heavy (non-hydrogen) atoms. The van der Waals surface area contributed by atoms with Gasteiger partial charge in [0.25, 0.3) is 5.91 Å². The summed E-state index contributed by atoms with van der Waals surface area (Å²) in [7, 11) is 0. The molecule has 1 amide bonds. The highest BCUT2D eigenvalue weighted by molar-refractivity contribution is 7.20. The Labute approximate surface area is 119 Å². The second-order valence-corrected chi connectivity index (χ2v) is 6.53. The van der Waals surface area contributed by atoms with Crippen LogP contribution in [0.15, 0.2) is 22.9 Å². The third kappa shape index (κ3) is 3.02. The van der Waals surface area contributed by atoms with Crippen molar-refractivity contribution in [3.63, 3.8) is 0 Å². The fourth-order valence-corrected chi connectivity index (χ4v) is 3.50. The highest BCUT2D eigenvalue weighted by atomic mass is 32.1. The number of hydrogen-bond donors (Lipinski definition) is 2. The summed E-state index contributed by atoms with van der Waals surface area (Å²) in [6, 6.07) is 4.07. The van der Waals surface area contributed by atoms with E-state index in [0.29, 0.717) is 18.2 Å². The first-order chi connectivity index (χ1) is 9.24. The summed E-state index contributed by atoms with van der Waals surface area (Å²) in [5.74, 6) is 0.465. The van der Waals surface area contributed by atoms with Crippen LogP contribution in [-0.2, 0) is 0 Å². The quantitative estimate of drug-likeness (QED) is 0.889. The Balaban J connectivity index is 1.60. The van der Waals surface area contributed by atoms with E-state index in [1.165, 1.54) is 24.2 Å². The second kappa shape index (κ2) is 5.40. The van der Waals surface area contributed by atoms with Crippen molar-refractivity contribution in [1.82, 2.24) is 10.3 Å². The molecule has 1 atom stereocenters. The van der Waals surface area contributed by atoms with Crippen LogP contribution in [0.2, 0.25) is 0 Å². The molecule has 2 aromatic rings. The third-order valence-electron chi connectivity index (χ3n) is 3.19. The lowest BCUT2D eigenvalue weighted by molar-refractivity contribution is 0.0946. The van der Waals surface area contributed by atoms with Gasteiger partial charge in [0, 0.05) is 18.0 Å². The summed E-state index contributed by atoms with van der Waals surface area (Å²) in [4.78, 5) is 17.4. The lowest BCUT2D eigenvalue weighted by Crippen LogP contribution is -2.38.